The van der Waals surface area contributed by atoms with Crippen molar-refractivity contribution in [2.45, 2.75) is 65.5 Å². The number of anilines is 1. The second kappa shape index (κ2) is 10.6. The van der Waals surface area contributed by atoms with Crippen LogP contribution in [0.3, 0.4) is 0 Å². The molecule has 4 nitrogen and oxygen atoms in total. The number of rotatable bonds is 8. The van der Waals surface area contributed by atoms with Crippen LogP contribution in [-0.4, -0.2) is 23.7 Å². The van der Waals surface area contributed by atoms with Gasteiger partial charge in [-0.15, -0.1) is 0 Å². The maximum Gasteiger partial charge on any atom is 0.305 e. The molecule has 1 heterocycles. The average molecular weight is 514 g/mol. The zero-order valence-electron chi connectivity index (χ0n) is 22.5. The molecule has 0 amide bonds. The number of aliphatic carboxylic acids is 1. The summed E-state index contributed by atoms with van der Waals surface area (Å²) in [5.41, 5.74) is 7.02. The molecule has 5 rings (SSSR count). The van der Waals surface area contributed by atoms with Crippen molar-refractivity contribution in [1.82, 2.24) is 0 Å². The van der Waals surface area contributed by atoms with Crippen molar-refractivity contribution in [2.75, 3.05) is 11.4 Å². The normalized spacial score (nSPS) is 18.5. The second-order valence-corrected chi connectivity index (χ2v) is 11.3. The Labute approximate surface area is 224 Å². The summed E-state index contributed by atoms with van der Waals surface area (Å²) in [6.07, 6.45) is 6.48. The number of hydrogen-bond donors (Lipinski definition) is 1. The zero-order chi connectivity index (χ0) is 26.9. The number of halogens is 1. The summed E-state index contributed by atoms with van der Waals surface area (Å²) in [5, 5.41) is 9.22. The average Bonchev–Trinajstić information content (AvgIpc) is 3.49. The van der Waals surface area contributed by atoms with Crippen LogP contribution in [0.4, 0.5) is 10.1 Å². The van der Waals surface area contributed by atoms with E-state index in [1.54, 1.807) is 12.1 Å². The minimum Gasteiger partial charge on any atom is -0.489 e. The van der Waals surface area contributed by atoms with Gasteiger partial charge in [-0.1, -0.05) is 43.7 Å². The Hall–Kier alpha value is -3.60. The van der Waals surface area contributed by atoms with E-state index in [0.717, 1.165) is 65.9 Å². The molecule has 1 atom stereocenters. The molecule has 0 saturated carbocycles. The van der Waals surface area contributed by atoms with Crippen LogP contribution < -0.4 is 9.64 Å². The molecule has 1 unspecified atom stereocenters. The molecule has 0 spiro atoms. The number of carbonyl (C=O) groups is 1. The van der Waals surface area contributed by atoms with Gasteiger partial charge in [0, 0.05) is 23.8 Å². The molecule has 1 saturated heterocycles. The minimum atomic E-state index is -0.755. The number of ether oxygens (including phenoxy) is 1. The predicted molar refractivity (Wildman–Crippen MR) is 151 cm³/mol. The fourth-order valence-corrected chi connectivity index (χ4v) is 5.94. The van der Waals surface area contributed by atoms with Gasteiger partial charge in [-0.25, -0.2) is 4.39 Å². The van der Waals surface area contributed by atoms with Crippen molar-refractivity contribution >= 4 is 17.2 Å². The first kappa shape index (κ1) is 26.0. The number of aryl methyl sites for hydroxylation is 1. The van der Waals surface area contributed by atoms with Gasteiger partial charge in [-0.05, 0) is 103 Å². The third kappa shape index (κ3) is 5.47. The van der Waals surface area contributed by atoms with Crippen molar-refractivity contribution < 1.29 is 19.0 Å². The highest BCUT2D eigenvalue weighted by Crippen LogP contribution is 2.47. The van der Waals surface area contributed by atoms with Gasteiger partial charge in [0.25, 0.3) is 0 Å². The van der Waals surface area contributed by atoms with Gasteiger partial charge >= 0.3 is 5.97 Å². The molecule has 0 radical (unpaired) electrons. The first-order valence-electron chi connectivity index (χ1n) is 13.5. The van der Waals surface area contributed by atoms with Crippen molar-refractivity contribution in [2.24, 2.45) is 5.41 Å². The Balaban J connectivity index is 1.37. The minimum absolute atomic E-state index is 0.0262. The van der Waals surface area contributed by atoms with Gasteiger partial charge in [0.15, 0.2) is 0 Å². The van der Waals surface area contributed by atoms with Crippen LogP contribution in [0.25, 0.3) is 16.7 Å². The van der Waals surface area contributed by atoms with E-state index in [-0.39, 0.29) is 23.7 Å². The van der Waals surface area contributed by atoms with E-state index in [1.165, 1.54) is 5.57 Å². The number of allylic oxidation sites excluding steroid dienone is 2. The Morgan fingerprint density at radius 2 is 1.84 bits per heavy atom. The Bertz CT molecular complexity index is 1360. The monoisotopic (exact) mass is 513 g/mol. The standard InChI is InChI=1S/C33H36FNO3/c1-22-8-15-31(34)29(18-22)27-14-9-23(19-28(27)30-7-4-16-33(30,2)3)21-38-26-12-10-24(11-13-26)35-17-5-6-25(35)20-32(36)37/h7-15,18-19,25H,4-6,16-17,20-21H2,1-3H3,(H,36,37). The Morgan fingerprint density at radius 3 is 2.55 bits per heavy atom. The van der Waals surface area contributed by atoms with Crippen molar-refractivity contribution in [3.63, 3.8) is 0 Å². The molecule has 0 aromatic heterocycles. The van der Waals surface area contributed by atoms with Crippen molar-refractivity contribution in [3.8, 4) is 16.9 Å². The molecule has 2 aliphatic rings. The van der Waals surface area contributed by atoms with E-state index < -0.39 is 5.97 Å². The molecule has 3 aromatic rings. The third-order valence-corrected chi connectivity index (χ3v) is 7.99. The smallest absolute Gasteiger partial charge is 0.305 e. The van der Waals surface area contributed by atoms with Crippen molar-refractivity contribution in [3.05, 3.63) is 89.2 Å². The molecule has 1 aliphatic heterocycles. The highest BCUT2D eigenvalue weighted by atomic mass is 19.1. The van der Waals surface area contributed by atoms with Gasteiger partial charge in [0.05, 0.1) is 6.42 Å². The van der Waals surface area contributed by atoms with Gasteiger partial charge in [-0.2, -0.15) is 0 Å². The molecule has 1 N–H and O–H groups in total. The highest BCUT2D eigenvalue weighted by Gasteiger charge is 2.30. The summed E-state index contributed by atoms with van der Waals surface area (Å²) in [5.74, 6) is -0.200. The summed E-state index contributed by atoms with van der Waals surface area (Å²) in [6, 6.07) is 19.5. The number of carboxylic acid groups (broad SMARTS) is 1. The summed E-state index contributed by atoms with van der Waals surface area (Å²) < 4.78 is 21.1. The van der Waals surface area contributed by atoms with Crippen LogP contribution in [0.2, 0.25) is 0 Å². The molecular weight excluding hydrogens is 477 g/mol. The fourth-order valence-electron chi connectivity index (χ4n) is 5.94. The summed E-state index contributed by atoms with van der Waals surface area (Å²) in [7, 11) is 0. The SMILES string of the molecule is Cc1ccc(F)c(-c2ccc(COc3ccc(N4CCCC4CC(=O)O)cc3)cc2C2=CCCC2(C)C)c1. The number of benzene rings is 3. The number of carboxylic acids is 1. The van der Waals surface area contributed by atoms with Crippen LogP contribution in [-0.2, 0) is 11.4 Å². The zero-order valence-corrected chi connectivity index (χ0v) is 22.5. The molecule has 3 aromatic carbocycles. The second-order valence-electron chi connectivity index (χ2n) is 11.3. The van der Waals surface area contributed by atoms with E-state index >= 15 is 0 Å². The Morgan fingerprint density at radius 1 is 1.05 bits per heavy atom. The number of hydrogen-bond acceptors (Lipinski definition) is 3. The maximum atomic E-state index is 14.9. The van der Waals surface area contributed by atoms with E-state index in [9.17, 15) is 14.3 Å². The molecule has 0 bridgehead atoms. The first-order chi connectivity index (χ1) is 18.2. The topological polar surface area (TPSA) is 49.8 Å². The summed E-state index contributed by atoms with van der Waals surface area (Å²) in [4.78, 5) is 13.4. The molecular formula is C33H36FNO3. The molecule has 38 heavy (non-hydrogen) atoms. The lowest BCUT2D eigenvalue weighted by Gasteiger charge is -2.26. The Kier molecular flexibility index (Phi) is 7.29. The van der Waals surface area contributed by atoms with E-state index in [2.05, 4.69) is 30.9 Å². The van der Waals surface area contributed by atoms with Crippen LogP contribution in [0, 0.1) is 18.2 Å². The lowest BCUT2D eigenvalue weighted by atomic mass is 9.79. The summed E-state index contributed by atoms with van der Waals surface area (Å²) >= 11 is 0. The van der Waals surface area contributed by atoms with Crippen LogP contribution >= 0.6 is 0 Å². The lowest BCUT2D eigenvalue weighted by Crippen LogP contribution is -2.31. The fraction of sp³-hybridized carbons (Fsp3) is 0.364. The van der Waals surface area contributed by atoms with E-state index in [1.807, 2.05) is 49.4 Å². The quantitative estimate of drug-likeness (QED) is 0.331. The van der Waals surface area contributed by atoms with Gasteiger partial charge in [0.1, 0.15) is 18.2 Å². The number of nitrogens with zero attached hydrogens (tertiary/aromatic N) is 1. The van der Waals surface area contributed by atoms with E-state index in [0.29, 0.717) is 12.2 Å². The van der Waals surface area contributed by atoms with E-state index in [4.69, 9.17) is 4.74 Å². The van der Waals surface area contributed by atoms with Gasteiger partial charge in [0.2, 0.25) is 0 Å². The van der Waals surface area contributed by atoms with Crippen LogP contribution in [0.1, 0.15) is 62.6 Å². The van der Waals surface area contributed by atoms with Crippen LogP contribution in [0.5, 0.6) is 5.75 Å². The first-order valence-corrected chi connectivity index (χ1v) is 13.5. The molecule has 1 fully saturated rings. The predicted octanol–water partition coefficient (Wildman–Crippen LogP) is 8.03. The highest BCUT2D eigenvalue weighted by molar-refractivity contribution is 5.85. The lowest BCUT2D eigenvalue weighted by molar-refractivity contribution is -0.137. The molecule has 198 valence electrons. The third-order valence-electron chi connectivity index (χ3n) is 7.99. The summed E-state index contributed by atoms with van der Waals surface area (Å²) in [6.45, 7) is 7.79. The largest absolute Gasteiger partial charge is 0.489 e. The van der Waals surface area contributed by atoms with Crippen molar-refractivity contribution in [1.29, 1.82) is 0 Å². The van der Waals surface area contributed by atoms with Crippen LogP contribution in [0.15, 0.2) is 66.7 Å². The molecule has 5 heteroatoms. The van der Waals surface area contributed by atoms with Gasteiger partial charge in [-0.3, -0.25) is 4.79 Å². The maximum absolute atomic E-state index is 14.9. The molecule has 1 aliphatic carbocycles. The van der Waals surface area contributed by atoms with Gasteiger partial charge < -0.3 is 14.7 Å².